The number of hydrogen-bond donors (Lipinski definition) is 1. The normalized spacial score (nSPS) is 21.9. The molecule has 0 bridgehead atoms. The Balaban J connectivity index is 2.16. The van der Waals surface area contributed by atoms with Gasteiger partial charge in [-0.3, -0.25) is 0 Å². The average Bonchev–Trinajstić information content (AvgIpc) is 2.68. The molecule has 0 fully saturated rings. The number of rotatable bonds is 2. The minimum Gasteiger partial charge on any atom is -0.327 e. The van der Waals surface area contributed by atoms with Gasteiger partial charge in [-0.2, -0.15) is 5.10 Å². The Kier molecular flexibility index (Phi) is 2.91. The highest BCUT2D eigenvalue weighted by Gasteiger charge is 2.13. The van der Waals surface area contributed by atoms with E-state index in [0.29, 0.717) is 12.0 Å². The zero-order valence-electron chi connectivity index (χ0n) is 9.48. The molecule has 1 atom stereocenters. The second-order valence-corrected chi connectivity index (χ2v) is 4.60. The summed E-state index contributed by atoms with van der Waals surface area (Å²) in [6.07, 6.45) is 9.40. The van der Waals surface area contributed by atoms with Gasteiger partial charge in [0.05, 0.1) is 6.20 Å². The summed E-state index contributed by atoms with van der Waals surface area (Å²) >= 11 is 0. The third-order valence-electron chi connectivity index (χ3n) is 2.99. The number of nitrogens with zero attached hydrogens (tertiary/aromatic N) is 2. The second-order valence-electron chi connectivity index (χ2n) is 4.60. The van der Waals surface area contributed by atoms with Crippen molar-refractivity contribution in [2.45, 2.75) is 45.1 Å². The molecule has 0 radical (unpaired) electrons. The third-order valence-corrected chi connectivity index (χ3v) is 2.99. The van der Waals surface area contributed by atoms with Crippen molar-refractivity contribution in [2.24, 2.45) is 5.73 Å². The van der Waals surface area contributed by atoms with Gasteiger partial charge in [0, 0.05) is 17.9 Å². The summed E-state index contributed by atoms with van der Waals surface area (Å²) in [7, 11) is 0. The maximum Gasteiger partial charge on any atom is 0.0528 e. The lowest BCUT2D eigenvalue weighted by molar-refractivity contribution is 0.596. The second kappa shape index (κ2) is 4.19. The zero-order valence-corrected chi connectivity index (χ0v) is 9.48. The van der Waals surface area contributed by atoms with Gasteiger partial charge in [0.15, 0.2) is 0 Å². The molecule has 3 nitrogen and oxygen atoms in total. The van der Waals surface area contributed by atoms with Gasteiger partial charge in [-0.05, 0) is 30.7 Å². The molecule has 0 saturated heterocycles. The van der Waals surface area contributed by atoms with Crippen LogP contribution in [0.15, 0.2) is 18.5 Å². The molecule has 1 aromatic rings. The Hall–Kier alpha value is -1.09. The largest absolute Gasteiger partial charge is 0.327 e. The number of hydrogen-bond acceptors (Lipinski definition) is 2. The maximum atomic E-state index is 5.85. The van der Waals surface area contributed by atoms with E-state index in [1.807, 2.05) is 10.9 Å². The molecule has 2 N–H and O–H groups in total. The van der Waals surface area contributed by atoms with Gasteiger partial charge in [-0.25, -0.2) is 4.68 Å². The summed E-state index contributed by atoms with van der Waals surface area (Å²) in [5.41, 5.74) is 8.45. The van der Waals surface area contributed by atoms with Crippen LogP contribution in [0.3, 0.4) is 0 Å². The Morgan fingerprint density at radius 1 is 1.53 bits per heavy atom. The van der Waals surface area contributed by atoms with Crippen molar-refractivity contribution in [1.82, 2.24) is 9.78 Å². The SMILES string of the molecule is CC(C)c1cnn(C2=CCC(N)CC2)c1. The highest BCUT2D eigenvalue weighted by atomic mass is 15.3. The first kappa shape index (κ1) is 10.4. The average molecular weight is 205 g/mol. The lowest BCUT2D eigenvalue weighted by Crippen LogP contribution is -2.22. The molecule has 82 valence electrons. The summed E-state index contributed by atoms with van der Waals surface area (Å²) in [6, 6.07) is 0.342. The fourth-order valence-corrected chi connectivity index (χ4v) is 1.84. The quantitative estimate of drug-likeness (QED) is 0.805. The van der Waals surface area contributed by atoms with E-state index in [0.717, 1.165) is 19.3 Å². The van der Waals surface area contributed by atoms with Crippen molar-refractivity contribution in [3.05, 3.63) is 24.0 Å². The molecular weight excluding hydrogens is 186 g/mol. The van der Waals surface area contributed by atoms with E-state index in [2.05, 4.69) is 31.2 Å². The van der Waals surface area contributed by atoms with Crippen molar-refractivity contribution in [3.8, 4) is 0 Å². The molecule has 0 aliphatic heterocycles. The van der Waals surface area contributed by atoms with Crippen LogP contribution in [0.1, 0.15) is 44.6 Å². The standard InChI is InChI=1S/C12H19N3/c1-9(2)10-7-14-15(8-10)12-5-3-11(13)4-6-12/h5,7-9,11H,3-4,6,13H2,1-2H3. The molecule has 1 aliphatic carbocycles. The van der Waals surface area contributed by atoms with Crippen LogP contribution in [0.2, 0.25) is 0 Å². The molecule has 15 heavy (non-hydrogen) atoms. The van der Waals surface area contributed by atoms with Crippen molar-refractivity contribution in [3.63, 3.8) is 0 Å². The Bertz CT molecular complexity index is 363. The van der Waals surface area contributed by atoms with E-state index in [9.17, 15) is 0 Å². The summed E-state index contributed by atoms with van der Waals surface area (Å²) in [6.45, 7) is 4.37. The van der Waals surface area contributed by atoms with Gasteiger partial charge in [0.1, 0.15) is 0 Å². The van der Waals surface area contributed by atoms with Crippen LogP contribution in [-0.2, 0) is 0 Å². The molecule has 1 unspecified atom stereocenters. The van der Waals surface area contributed by atoms with Crippen LogP contribution in [0, 0.1) is 0 Å². The summed E-state index contributed by atoms with van der Waals surface area (Å²) in [5.74, 6) is 0.546. The van der Waals surface area contributed by atoms with E-state index >= 15 is 0 Å². The van der Waals surface area contributed by atoms with Crippen LogP contribution < -0.4 is 5.73 Å². The lowest BCUT2D eigenvalue weighted by atomic mass is 10.0. The van der Waals surface area contributed by atoms with Crippen LogP contribution in [0.5, 0.6) is 0 Å². The molecule has 0 spiro atoms. The van der Waals surface area contributed by atoms with Crippen LogP contribution in [-0.4, -0.2) is 15.8 Å². The van der Waals surface area contributed by atoms with Gasteiger partial charge in [0.25, 0.3) is 0 Å². The molecule has 0 saturated carbocycles. The number of nitrogens with two attached hydrogens (primary N) is 1. The van der Waals surface area contributed by atoms with Crippen molar-refractivity contribution < 1.29 is 0 Å². The smallest absolute Gasteiger partial charge is 0.0528 e. The number of aromatic nitrogens is 2. The van der Waals surface area contributed by atoms with Crippen molar-refractivity contribution in [2.75, 3.05) is 0 Å². The van der Waals surface area contributed by atoms with Gasteiger partial charge in [-0.15, -0.1) is 0 Å². The fraction of sp³-hybridized carbons (Fsp3) is 0.583. The Morgan fingerprint density at radius 2 is 2.33 bits per heavy atom. The molecular formula is C12H19N3. The summed E-state index contributed by atoms with van der Waals surface area (Å²) < 4.78 is 2.00. The molecule has 1 aromatic heterocycles. The molecule has 1 aliphatic rings. The Labute approximate surface area is 91.0 Å². The van der Waals surface area contributed by atoms with Crippen LogP contribution in [0.25, 0.3) is 5.70 Å². The van der Waals surface area contributed by atoms with Gasteiger partial charge >= 0.3 is 0 Å². The maximum absolute atomic E-state index is 5.85. The predicted octanol–water partition coefficient (Wildman–Crippen LogP) is 2.36. The van der Waals surface area contributed by atoms with E-state index in [-0.39, 0.29) is 0 Å². The van der Waals surface area contributed by atoms with Crippen molar-refractivity contribution >= 4 is 5.70 Å². The third kappa shape index (κ3) is 2.29. The number of allylic oxidation sites excluding steroid dienone is 1. The minimum atomic E-state index is 0.342. The van der Waals surface area contributed by atoms with Gasteiger partial charge in [0.2, 0.25) is 0 Å². The monoisotopic (exact) mass is 205 g/mol. The minimum absolute atomic E-state index is 0.342. The zero-order chi connectivity index (χ0) is 10.8. The van der Waals surface area contributed by atoms with Crippen LogP contribution in [0.4, 0.5) is 0 Å². The highest BCUT2D eigenvalue weighted by Crippen LogP contribution is 2.22. The van der Waals surface area contributed by atoms with E-state index in [4.69, 9.17) is 5.73 Å². The summed E-state index contributed by atoms with van der Waals surface area (Å²) in [5, 5.41) is 4.39. The molecule has 2 rings (SSSR count). The van der Waals surface area contributed by atoms with Crippen LogP contribution >= 0.6 is 0 Å². The molecule has 1 heterocycles. The van der Waals surface area contributed by atoms with Crippen molar-refractivity contribution in [1.29, 1.82) is 0 Å². The highest BCUT2D eigenvalue weighted by molar-refractivity contribution is 5.45. The summed E-state index contributed by atoms with van der Waals surface area (Å²) in [4.78, 5) is 0. The van der Waals surface area contributed by atoms with E-state index in [1.54, 1.807) is 0 Å². The first-order chi connectivity index (χ1) is 7.16. The van der Waals surface area contributed by atoms with E-state index < -0.39 is 0 Å². The Morgan fingerprint density at radius 3 is 2.87 bits per heavy atom. The van der Waals surface area contributed by atoms with Gasteiger partial charge < -0.3 is 5.73 Å². The molecule has 0 aromatic carbocycles. The predicted molar refractivity (Wildman–Crippen MR) is 62.4 cm³/mol. The topological polar surface area (TPSA) is 43.8 Å². The lowest BCUT2D eigenvalue weighted by Gasteiger charge is -2.17. The fourth-order valence-electron chi connectivity index (χ4n) is 1.84. The first-order valence-electron chi connectivity index (χ1n) is 5.66. The molecule has 0 amide bonds. The molecule has 3 heteroatoms. The first-order valence-corrected chi connectivity index (χ1v) is 5.66. The van der Waals surface area contributed by atoms with Gasteiger partial charge in [-0.1, -0.05) is 19.9 Å². The van der Waals surface area contributed by atoms with E-state index in [1.165, 1.54) is 11.3 Å².